The minimum absolute atomic E-state index is 0.0154. The molecule has 1 N–H and O–H groups in total. The number of aromatic nitrogens is 2. The normalized spacial score (nSPS) is 17.4. The molecule has 0 atom stereocenters. The van der Waals surface area contributed by atoms with Crippen LogP contribution in [0.25, 0.3) is 11.4 Å². The first kappa shape index (κ1) is 14.8. The molecule has 0 bridgehead atoms. The van der Waals surface area contributed by atoms with E-state index in [-0.39, 0.29) is 5.91 Å². The zero-order chi connectivity index (χ0) is 15.8. The number of carbonyl (C=O) groups excluding carboxylic acids is 1. The number of benzene rings is 1. The number of hydrogen-bond acceptors (Lipinski definition) is 2. The molecule has 23 heavy (non-hydrogen) atoms. The highest BCUT2D eigenvalue weighted by atomic mass is 35.5. The third kappa shape index (κ3) is 3.00. The number of amides is 1. The van der Waals surface area contributed by atoms with Crippen LogP contribution in [0.3, 0.4) is 0 Å². The zero-order valence-electron chi connectivity index (χ0n) is 13.0. The van der Waals surface area contributed by atoms with Crippen molar-refractivity contribution in [1.29, 1.82) is 0 Å². The van der Waals surface area contributed by atoms with E-state index >= 15 is 0 Å². The molecule has 1 aromatic carbocycles. The van der Waals surface area contributed by atoms with E-state index in [4.69, 9.17) is 16.6 Å². The summed E-state index contributed by atoms with van der Waals surface area (Å²) in [5.41, 5.74) is 2.72. The average Bonchev–Trinajstić information content (AvgIpc) is 3.33. The molecule has 4 rings (SSSR count). The summed E-state index contributed by atoms with van der Waals surface area (Å²) >= 11 is 6.00. The summed E-state index contributed by atoms with van der Waals surface area (Å²) in [6.07, 6.45) is 6.56. The van der Waals surface area contributed by atoms with Crippen LogP contribution in [0, 0.1) is 0 Å². The highest BCUT2D eigenvalue weighted by molar-refractivity contribution is 6.30. The molecule has 1 aromatic heterocycles. The Morgan fingerprint density at radius 3 is 2.70 bits per heavy atom. The van der Waals surface area contributed by atoms with Crippen molar-refractivity contribution >= 4 is 17.5 Å². The predicted molar refractivity (Wildman–Crippen MR) is 90.7 cm³/mol. The van der Waals surface area contributed by atoms with E-state index in [1.54, 1.807) is 0 Å². The number of fused-ring (bicyclic) bond motifs is 1. The number of halogens is 1. The van der Waals surface area contributed by atoms with E-state index in [9.17, 15) is 4.79 Å². The maximum atomic E-state index is 12.6. The lowest BCUT2D eigenvalue weighted by Crippen LogP contribution is -2.27. The summed E-state index contributed by atoms with van der Waals surface area (Å²) in [5, 5.41) is 3.79. The molecular formula is C18H20ClN3O. The molecule has 2 heterocycles. The summed E-state index contributed by atoms with van der Waals surface area (Å²) in [5.74, 6) is 0.873. The van der Waals surface area contributed by atoms with Gasteiger partial charge in [0.15, 0.2) is 0 Å². The number of nitrogens with one attached hydrogen (secondary N) is 1. The minimum atomic E-state index is -0.0154. The maximum Gasteiger partial charge on any atom is 0.272 e. The van der Waals surface area contributed by atoms with Crippen LogP contribution in [0.4, 0.5) is 0 Å². The van der Waals surface area contributed by atoms with Gasteiger partial charge in [0.25, 0.3) is 5.91 Å². The van der Waals surface area contributed by atoms with Crippen LogP contribution in [0.15, 0.2) is 24.3 Å². The fourth-order valence-electron chi connectivity index (χ4n) is 3.20. The zero-order valence-corrected chi connectivity index (χ0v) is 13.8. The number of nitrogens with zero attached hydrogens (tertiary/aromatic N) is 2. The first-order chi connectivity index (χ1) is 11.2. The number of carbonyl (C=O) groups is 1. The van der Waals surface area contributed by atoms with Crippen LogP contribution >= 0.6 is 11.6 Å². The maximum absolute atomic E-state index is 12.6. The quantitative estimate of drug-likeness (QED) is 0.930. The molecule has 4 nitrogen and oxygen atoms in total. The Morgan fingerprint density at radius 2 is 1.96 bits per heavy atom. The van der Waals surface area contributed by atoms with Crippen LogP contribution in [-0.2, 0) is 13.0 Å². The second-order valence-electron chi connectivity index (χ2n) is 6.45. The fraction of sp³-hybridized carbons (Fsp3) is 0.444. The number of hydrogen-bond donors (Lipinski definition) is 1. The molecule has 2 aromatic rings. The molecule has 1 aliphatic heterocycles. The minimum Gasteiger partial charge on any atom is -0.348 e. The summed E-state index contributed by atoms with van der Waals surface area (Å²) < 4.78 is 2.23. The van der Waals surface area contributed by atoms with Crippen LogP contribution in [-0.4, -0.2) is 21.5 Å². The van der Waals surface area contributed by atoms with E-state index in [1.807, 2.05) is 24.3 Å². The Bertz CT molecular complexity index is 731. The van der Waals surface area contributed by atoms with Crippen molar-refractivity contribution in [2.24, 2.45) is 0 Å². The third-order valence-corrected chi connectivity index (χ3v) is 4.85. The first-order valence-corrected chi connectivity index (χ1v) is 8.76. The fourth-order valence-corrected chi connectivity index (χ4v) is 3.33. The third-order valence-electron chi connectivity index (χ3n) is 4.60. The average molecular weight is 330 g/mol. The first-order valence-electron chi connectivity index (χ1n) is 8.38. The molecule has 1 amide bonds. The standard InChI is InChI=1S/C18H20ClN3O/c19-13-7-5-12(6-8-13)17-21-16(18(23)20-14-9-10-14)15-4-2-1-3-11-22(15)17/h5-8,14H,1-4,9-11H2,(H,20,23). The molecule has 1 aliphatic carbocycles. The van der Waals surface area contributed by atoms with Gasteiger partial charge in [0.2, 0.25) is 0 Å². The van der Waals surface area contributed by atoms with E-state index in [2.05, 4.69) is 9.88 Å². The van der Waals surface area contributed by atoms with Gasteiger partial charge in [0.1, 0.15) is 11.5 Å². The molecule has 0 saturated heterocycles. The lowest BCUT2D eigenvalue weighted by atomic mass is 10.1. The Hall–Kier alpha value is -1.81. The Kier molecular flexibility index (Phi) is 3.85. The summed E-state index contributed by atoms with van der Waals surface area (Å²) in [6, 6.07) is 8.06. The smallest absolute Gasteiger partial charge is 0.272 e. The van der Waals surface area contributed by atoms with Crippen LogP contribution in [0.2, 0.25) is 5.02 Å². The van der Waals surface area contributed by atoms with Crippen LogP contribution < -0.4 is 5.32 Å². The van der Waals surface area contributed by atoms with Gasteiger partial charge >= 0.3 is 0 Å². The second-order valence-corrected chi connectivity index (χ2v) is 6.88. The monoisotopic (exact) mass is 329 g/mol. The van der Waals surface area contributed by atoms with E-state index in [0.29, 0.717) is 16.8 Å². The molecule has 0 unspecified atom stereocenters. The van der Waals surface area contributed by atoms with Crippen molar-refractivity contribution in [3.8, 4) is 11.4 Å². The number of rotatable bonds is 3. The lowest BCUT2D eigenvalue weighted by Gasteiger charge is -2.09. The van der Waals surface area contributed by atoms with Crippen molar-refractivity contribution < 1.29 is 4.79 Å². The summed E-state index contributed by atoms with van der Waals surface area (Å²) in [7, 11) is 0. The van der Waals surface area contributed by atoms with Gasteiger partial charge in [0, 0.05) is 23.2 Å². The Balaban J connectivity index is 1.77. The predicted octanol–water partition coefficient (Wildman–Crippen LogP) is 3.82. The van der Waals surface area contributed by atoms with E-state index in [0.717, 1.165) is 55.7 Å². The van der Waals surface area contributed by atoms with Crippen molar-refractivity contribution in [2.75, 3.05) is 0 Å². The molecule has 2 aliphatic rings. The van der Waals surface area contributed by atoms with Gasteiger partial charge < -0.3 is 9.88 Å². The van der Waals surface area contributed by atoms with E-state index < -0.39 is 0 Å². The van der Waals surface area contributed by atoms with Crippen molar-refractivity contribution in [3.63, 3.8) is 0 Å². The Morgan fingerprint density at radius 1 is 1.17 bits per heavy atom. The van der Waals surface area contributed by atoms with Gasteiger partial charge in [-0.05, 0) is 56.4 Å². The number of imidazole rings is 1. The van der Waals surface area contributed by atoms with Gasteiger partial charge in [-0.3, -0.25) is 4.79 Å². The van der Waals surface area contributed by atoms with Gasteiger partial charge in [-0.25, -0.2) is 4.98 Å². The van der Waals surface area contributed by atoms with Crippen LogP contribution in [0.5, 0.6) is 0 Å². The topological polar surface area (TPSA) is 46.9 Å². The summed E-state index contributed by atoms with van der Waals surface area (Å²) in [4.78, 5) is 17.3. The van der Waals surface area contributed by atoms with E-state index in [1.165, 1.54) is 6.42 Å². The molecule has 5 heteroatoms. The van der Waals surface area contributed by atoms with Crippen molar-refractivity contribution in [3.05, 3.63) is 40.7 Å². The van der Waals surface area contributed by atoms with Crippen LogP contribution in [0.1, 0.15) is 48.3 Å². The molecule has 1 fully saturated rings. The molecular weight excluding hydrogens is 310 g/mol. The second kappa shape index (κ2) is 6.00. The molecule has 0 radical (unpaired) electrons. The summed E-state index contributed by atoms with van der Waals surface area (Å²) in [6.45, 7) is 0.928. The van der Waals surface area contributed by atoms with Gasteiger partial charge in [-0.2, -0.15) is 0 Å². The lowest BCUT2D eigenvalue weighted by molar-refractivity contribution is 0.0945. The molecule has 120 valence electrons. The Labute approximate surface area is 140 Å². The highest BCUT2D eigenvalue weighted by Crippen LogP contribution is 2.28. The molecule has 1 saturated carbocycles. The van der Waals surface area contributed by atoms with Crippen molar-refractivity contribution in [2.45, 2.75) is 51.1 Å². The SMILES string of the molecule is O=C(NC1CC1)c1nc(-c2ccc(Cl)cc2)n2c1CCCCC2. The largest absolute Gasteiger partial charge is 0.348 e. The van der Waals surface area contributed by atoms with Gasteiger partial charge in [0.05, 0.1) is 5.69 Å². The molecule has 0 spiro atoms. The highest BCUT2D eigenvalue weighted by Gasteiger charge is 2.29. The van der Waals surface area contributed by atoms with Gasteiger partial charge in [-0.1, -0.05) is 18.0 Å². The van der Waals surface area contributed by atoms with Crippen molar-refractivity contribution in [1.82, 2.24) is 14.9 Å². The van der Waals surface area contributed by atoms with Gasteiger partial charge in [-0.15, -0.1) is 0 Å².